The molecule has 8 nitrogen and oxygen atoms in total. The largest absolute Gasteiger partial charge is 0.383 e. The zero-order valence-electron chi connectivity index (χ0n) is 16.3. The lowest BCUT2D eigenvalue weighted by molar-refractivity contribution is -0.118. The number of hydrogen-bond donors (Lipinski definition) is 2. The summed E-state index contributed by atoms with van der Waals surface area (Å²) in [7, 11) is 1.58. The van der Waals surface area contributed by atoms with Crippen LogP contribution >= 0.6 is 23.4 Å². The molecule has 1 aliphatic rings. The van der Waals surface area contributed by atoms with Gasteiger partial charge < -0.3 is 20.5 Å². The summed E-state index contributed by atoms with van der Waals surface area (Å²) >= 11 is 7.81. The molecule has 1 amide bonds. The minimum Gasteiger partial charge on any atom is -0.383 e. The molecule has 0 spiro atoms. The number of nitrogens with two attached hydrogens (primary N) is 1. The van der Waals surface area contributed by atoms with E-state index in [2.05, 4.69) is 20.3 Å². The number of hydrogen-bond acceptors (Lipinski definition) is 8. The monoisotopic (exact) mass is 445 g/mol. The van der Waals surface area contributed by atoms with Crippen molar-refractivity contribution < 1.29 is 14.3 Å². The highest BCUT2D eigenvalue weighted by molar-refractivity contribution is 7.99. The molecule has 0 saturated heterocycles. The first kappa shape index (κ1) is 20.8. The van der Waals surface area contributed by atoms with Crippen LogP contribution in [0.25, 0.3) is 22.2 Å². The number of thioether (sulfide) groups is 1. The van der Waals surface area contributed by atoms with Crippen molar-refractivity contribution in [1.82, 2.24) is 20.3 Å². The van der Waals surface area contributed by atoms with Crippen LogP contribution in [-0.4, -0.2) is 46.9 Å². The molecular formula is C20H20ClN5O3S. The van der Waals surface area contributed by atoms with Crippen molar-refractivity contribution in [2.45, 2.75) is 18.4 Å². The predicted molar refractivity (Wildman–Crippen MR) is 116 cm³/mol. The van der Waals surface area contributed by atoms with Gasteiger partial charge >= 0.3 is 0 Å². The van der Waals surface area contributed by atoms with Crippen molar-refractivity contribution in [2.75, 3.05) is 31.7 Å². The molecule has 4 rings (SSSR count). The highest BCUT2D eigenvalue weighted by atomic mass is 35.5. The Morgan fingerprint density at radius 1 is 1.30 bits per heavy atom. The lowest BCUT2D eigenvalue weighted by atomic mass is 9.94. The number of anilines is 1. The van der Waals surface area contributed by atoms with Gasteiger partial charge in [-0.1, -0.05) is 41.6 Å². The van der Waals surface area contributed by atoms with Crippen LogP contribution in [0.5, 0.6) is 0 Å². The zero-order valence-corrected chi connectivity index (χ0v) is 17.8. The van der Waals surface area contributed by atoms with Gasteiger partial charge in [-0.05, 0) is 28.0 Å². The Hall–Kier alpha value is -2.46. The lowest BCUT2D eigenvalue weighted by Gasteiger charge is -2.20. The zero-order chi connectivity index (χ0) is 21.1. The molecule has 2 heterocycles. The molecule has 0 fully saturated rings. The highest BCUT2D eigenvalue weighted by Gasteiger charge is 2.21. The second-order valence-corrected chi connectivity index (χ2v) is 8.01. The number of aromatic nitrogens is 3. The molecule has 1 aromatic heterocycles. The van der Waals surface area contributed by atoms with Gasteiger partial charge in [0, 0.05) is 19.2 Å². The van der Waals surface area contributed by atoms with Crippen LogP contribution in [0.1, 0.15) is 11.1 Å². The third-order valence-electron chi connectivity index (χ3n) is 4.61. The van der Waals surface area contributed by atoms with Gasteiger partial charge in [-0.25, -0.2) is 4.98 Å². The number of ether oxygens (including phenoxy) is 2. The Kier molecular flexibility index (Phi) is 6.33. The molecule has 2 aromatic carbocycles. The maximum Gasteiger partial charge on any atom is 0.230 e. The van der Waals surface area contributed by atoms with Crippen molar-refractivity contribution in [3.8, 4) is 11.4 Å². The average Bonchev–Trinajstić information content (AvgIpc) is 2.72. The van der Waals surface area contributed by atoms with Crippen LogP contribution in [0.15, 0.2) is 29.4 Å². The van der Waals surface area contributed by atoms with Gasteiger partial charge in [0.05, 0.1) is 30.6 Å². The fourth-order valence-corrected chi connectivity index (χ4v) is 4.36. The molecule has 3 aromatic rings. The van der Waals surface area contributed by atoms with E-state index in [1.807, 2.05) is 24.3 Å². The highest BCUT2D eigenvalue weighted by Crippen LogP contribution is 2.39. The Bertz CT molecular complexity index is 1110. The maximum absolute atomic E-state index is 12.0. The summed E-state index contributed by atoms with van der Waals surface area (Å²) in [6.07, 6.45) is 0. The van der Waals surface area contributed by atoms with E-state index >= 15 is 0 Å². The van der Waals surface area contributed by atoms with Gasteiger partial charge in [-0.15, -0.1) is 0 Å². The van der Waals surface area contributed by atoms with Gasteiger partial charge in [-0.3, -0.25) is 4.79 Å². The quantitative estimate of drug-likeness (QED) is 0.421. The topological polar surface area (TPSA) is 112 Å². The number of benzene rings is 2. The first-order chi connectivity index (χ1) is 14.6. The smallest absolute Gasteiger partial charge is 0.230 e. The molecule has 3 N–H and O–H groups in total. The summed E-state index contributed by atoms with van der Waals surface area (Å²) in [4.78, 5) is 24.9. The number of rotatable bonds is 7. The number of nitrogens with zero attached hydrogens (tertiary/aromatic N) is 3. The van der Waals surface area contributed by atoms with Crippen molar-refractivity contribution in [3.05, 3.63) is 40.4 Å². The molecular weight excluding hydrogens is 426 g/mol. The summed E-state index contributed by atoms with van der Waals surface area (Å²) in [5, 5.41) is 5.67. The third-order valence-corrected chi connectivity index (χ3v) is 5.76. The Morgan fingerprint density at radius 2 is 2.13 bits per heavy atom. The molecule has 0 saturated carbocycles. The summed E-state index contributed by atoms with van der Waals surface area (Å²) < 4.78 is 10.6. The summed E-state index contributed by atoms with van der Waals surface area (Å²) in [6.45, 7) is 1.95. The van der Waals surface area contributed by atoms with Crippen molar-refractivity contribution in [2.24, 2.45) is 0 Å². The van der Waals surface area contributed by atoms with E-state index in [4.69, 9.17) is 26.8 Å². The SMILES string of the molecule is COCCNC(=O)CSc1nc(N)nc(-c2c(Cl)cc3c4c(cccc24)COC3)n1. The van der Waals surface area contributed by atoms with Crippen molar-refractivity contribution in [3.63, 3.8) is 0 Å². The van der Waals surface area contributed by atoms with E-state index in [9.17, 15) is 4.79 Å². The van der Waals surface area contributed by atoms with Gasteiger partial charge in [-0.2, -0.15) is 9.97 Å². The fourth-order valence-electron chi connectivity index (χ4n) is 3.37. The maximum atomic E-state index is 12.0. The second kappa shape index (κ2) is 9.13. The van der Waals surface area contributed by atoms with E-state index in [0.717, 1.165) is 21.9 Å². The van der Waals surface area contributed by atoms with Gasteiger partial charge in [0.1, 0.15) is 0 Å². The van der Waals surface area contributed by atoms with Crippen LogP contribution in [0.3, 0.4) is 0 Å². The van der Waals surface area contributed by atoms with E-state index in [1.165, 1.54) is 11.8 Å². The molecule has 0 bridgehead atoms. The molecule has 1 aliphatic heterocycles. The summed E-state index contributed by atoms with van der Waals surface area (Å²) in [6, 6.07) is 7.87. The van der Waals surface area contributed by atoms with E-state index in [1.54, 1.807) is 7.11 Å². The van der Waals surface area contributed by atoms with E-state index in [-0.39, 0.29) is 17.6 Å². The Labute approximate surface area is 182 Å². The van der Waals surface area contributed by atoms with Crippen molar-refractivity contribution in [1.29, 1.82) is 0 Å². The van der Waals surface area contributed by atoms with Crippen LogP contribution in [0.4, 0.5) is 5.95 Å². The van der Waals surface area contributed by atoms with Gasteiger partial charge in [0.25, 0.3) is 0 Å². The number of nitrogens with one attached hydrogen (secondary N) is 1. The first-order valence-corrected chi connectivity index (χ1v) is 10.6. The number of nitrogen functional groups attached to an aromatic ring is 1. The van der Waals surface area contributed by atoms with Crippen molar-refractivity contribution >= 4 is 46.0 Å². The second-order valence-electron chi connectivity index (χ2n) is 6.66. The Morgan fingerprint density at radius 3 is 2.97 bits per heavy atom. The molecule has 156 valence electrons. The molecule has 0 atom stereocenters. The lowest BCUT2D eigenvalue weighted by Crippen LogP contribution is -2.28. The van der Waals surface area contributed by atoms with Crippen LogP contribution in [0.2, 0.25) is 5.02 Å². The average molecular weight is 446 g/mol. The number of halogens is 1. The predicted octanol–water partition coefficient (Wildman–Crippen LogP) is 2.81. The Balaban J connectivity index is 1.67. The minimum atomic E-state index is -0.141. The number of methoxy groups -OCH3 is 1. The van der Waals surface area contributed by atoms with E-state index < -0.39 is 0 Å². The number of carbonyl (C=O) groups excluding carboxylic acids is 1. The van der Waals surface area contributed by atoms with Crippen LogP contribution in [-0.2, 0) is 27.5 Å². The van der Waals surface area contributed by atoms with Gasteiger partial charge in [0.2, 0.25) is 11.9 Å². The number of carbonyl (C=O) groups is 1. The fraction of sp³-hybridized carbons (Fsp3) is 0.300. The third kappa shape index (κ3) is 4.34. The minimum absolute atomic E-state index is 0.0715. The molecule has 0 radical (unpaired) electrons. The molecule has 10 heteroatoms. The normalized spacial score (nSPS) is 12.9. The standard InChI is InChI=1S/C20H20ClN5O3S/c1-28-6-5-23-15(27)10-30-20-25-18(24-19(22)26-20)17-13-4-2-3-11-8-29-9-12(16(11)13)7-14(17)21/h2-4,7H,5-6,8-10H2,1H3,(H,23,27)(H2,22,24,25,26). The number of amides is 1. The first-order valence-electron chi connectivity index (χ1n) is 9.28. The summed E-state index contributed by atoms with van der Waals surface area (Å²) in [5.41, 5.74) is 8.76. The molecule has 0 aliphatic carbocycles. The van der Waals surface area contributed by atoms with E-state index in [0.29, 0.717) is 47.9 Å². The molecule has 0 unspecified atom stereocenters. The van der Waals surface area contributed by atoms with Crippen LogP contribution in [0, 0.1) is 0 Å². The summed E-state index contributed by atoms with van der Waals surface area (Å²) in [5.74, 6) is 0.464. The van der Waals surface area contributed by atoms with Crippen LogP contribution < -0.4 is 11.1 Å². The molecule has 30 heavy (non-hydrogen) atoms. The van der Waals surface area contributed by atoms with Gasteiger partial charge in [0.15, 0.2) is 11.0 Å².